The van der Waals surface area contributed by atoms with Crippen LogP contribution in [0.15, 0.2) is 23.4 Å². The van der Waals surface area contributed by atoms with Crippen molar-refractivity contribution in [2.24, 2.45) is 5.92 Å². The van der Waals surface area contributed by atoms with Gasteiger partial charge in [0.05, 0.1) is 5.69 Å². The van der Waals surface area contributed by atoms with E-state index in [0.29, 0.717) is 24.7 Å². The molecule has 0 bridgehead atoms. The van der Waals surface area contributed by atoms with Crippen molar-refractivity contribution >= 4 is 15.7 Å². The number of piperidine rings is 1. The number of aromatic nitrogens is 1. The topological polar surface area (TPSA) is 62.3 Å². The van der Waals surface area contributed by atoms with Crippen molar-refractivity contribution in [2.45, 2.75) is 37.5 Å². The van der Waals surface area contributed by atoms with E-state index in [1.54, 1.807) is 23.6 Å². The monoisotopic (exact) mass is 297 g/mol. The van der Waals surface area contributed by atoms with E-state index in [1.807, 2.05) is 0 Å². The second-order valence-electron chi connectivity index (χ2n) is 5.26. The molecule has 0 radical (unpaired) electrons. The summed E-state index contributed by atoms with van der Waals surface area (Å²) in [6, 6.07) is 1.69. The third-order valence-corrected chi connectivity index (χ3v) is 5.87. The highest BCUT2D eigenvalue weighted by Crippen LogP contribution is 2.28. The first-order chi connectivity index (χ1) is 9.59. The molecule has 0 amide bonds. The van der Waals surface area contributed by atoms with Gasteiger partial charge in [0.1, 0.15) is 4.90 Å². The van der Waals surface area contributed by atoms with Gasteiger partial charge in [-0.1, -0.05) is 19.8 Å². The molecule has 0 aromatic carbocycles. The predicted molar refractivity (Wildman–Crippen MR) is 80.2 cm³/mol. The van der Waals surface area contributed by atoms with Crippen LogP contribution >= 0.6 is 0 Å². The van der Waals surface area contributed by atoms with Crippen LogP contribution in [0.4, 0.5) is 5.69 Å². The molecule has 0 unspecified atom stereocenters. The number of pyridine rings is 1. The average Bonchev–Trinajstić information content (AvgIpc) is 2.48. The van der Waals surface area contributed by atoms with Crippen LogP contribution in [-0.4, -0.2) is 37.8 Å². The molecule has 0 saturated carbocycles. The standard InChI is InChI=1S/C14H23N3O2S/c1-3-4-12-6-9-17(10-7-12)20(18,19)14-11-16-8-5-13(14)15-2/h5,8,11-12H,3-4,6-7,9-10H2,1-2H3,(H,15,16). The second-order valence-corrected chi connectivity index (χ2v) is 7.16. The van der Waals surface area contributed by atoms with Crippen LogP contribution in [-0.2, 0) is 10.0 Å². The molecule has 1 aromatic heterocycles. The Hall–Kier alpha value is -1.14. The van der Waals surface area contributed by atoms with Crippen LogP contribution in [0.3, 0.4) is 0 Å². The summed E-state index contributed by atoms with van der Waals surface area (Å²) in [6.45, 7) is 3.41. The van der Waals surface area contributed by atoms with Crippen LogP contribution in [0.25, 0.3) is 0 Å². The van der Waals surface area contributed by atoms with Gasteiger partial charge in [-0.3, -0.25) is 4.98 Å². The summed E-state index contributed by atoms with van der Waals surface area (Å²) >= 11 is 0. The van der Waals surface area contributed by atoms with E-state index in [1.165, 1.54) is 19.0 Å². The van der Waals surface area contributed by atoms with Gasteiger partial charge in [-0.15, -0.1) is 0 Å². The summed E-state index contributed by atoms with van der Waals surface area (Å²) in [5, 5.41) is 2.92. The number of hydrogen-bond acceptors (Lipinski definition) is 4. The number of nitrogens with zero attached hydrogens (tertiary/aromatic N) is 2. The Morgan fingerprint density at radius 3 is 2.70 bits per heavy atom. The van der Waals surface area contributed by atoms with Crippen molar-refractivity contribution in [2.75, 3.05) is 25.5 Å². The Morgan fingerprint density at radius 2 is 2.10 bits per heavy atom. The number of hydrogen-bond donors (Lipinski definition) is 1. The number of nitrogens with one attached hydrogen (secondary N) is 1. The minimum absolute atomic E-state index is 0.274. The van der Waals surface area contributed by atoms with E-state index in [4.69, 9.17) is 0 Å². The molecule has 1 aromatic rings. The van der Waals surface area contributed by atoms with Gasteiger partial charge in [-0.2, -0.15) is 4.31 Å². The molecule has 6 heteroatoms. The van der Waals surface area contributed by atoms with E-state index in [2.05, 4.69) is 17.2 Å². The molecule has 20 heavy (non-hydrogen) atoms. The van der Waals surface area contributed by atoms with Crippen LogP contribution in [0, 0.1) is 5.92 Å². The maximum Gasteiger partial charge on any atom is 0.246 e. The fraction of sp³-hybridized carbons (Fsp3) is 0.643. The molecule has 1 saturated heterocycles. The zero-order valence-corrected chi connectivity index (χ0v) is 13.0. The van der Waals surface area contributed by atoms with E-state index >= 15 is 0 Å². The largest absolute Gasteiger partial charge is 0.387 e. The molecule has 2 rings (SSSR count). The molecule has 2 heterocycles. The summed E-state index contributed by atoms with van der Waals surface area (Å²) in [5.41, 5.74) is 0.607. The lowest BCUT2D eigenvalue weighted by atomic mass is 9.94. The number of anilines is 1. The van der Waals surface area contributed by atoms with Crippen LogP contribution in [0.1, 0.15) is 32.6 Å². The van der Waals surface area contributed by atoms with Gasteiger partial charge >= 0.3 is 0 Å². The van der Waals surface area contributed by atoms with Gasteiger partial charge in [-0.05, 0) is 24.8 Å². The summed E-state index contributed by atoms with van der Waals surface area (Å²) < 4.78 is 26.9. The lowest BCUT2D eigenvalue weighted by Gasteiger charge is -2.31. The van der Waals surface area contributed by atoms with Gasteiger partial charge in [0.15, 0.2) is 0 Å². The van der Waals surface area contributed by atoms with Crippen molar-refractivity contribution < 1.29 is 8.42 Å². The molecule has 0 atom stereocenters. The van der Waals surface area contributed by atoms with Crippen LogP contribution in [0.2, 0.25) is 0 Å². The van der Waals surface area contributed by atoms with Crippen molar-refractivity contribution in [3.05, 3.63) is 18.5 Å². The molecule has 0 spiro atoms. The normalized spacial score (nSPS) is 18.1. The minimum Gasteiger partial charge on any atom is -0.387 e. The fourth-order valence-electron chi connectivity index (χ4n) is 2.78. The first-order valence-corrected chi connectivity index (χ1v) is 8.65. The van der Waals surface area contributed by atoms with E-state index in [9.17, 15) is 8.42 Å². The highest BCUT2D eigenvalue weighted by Gasteiger charge is 2.30. The van der Waals surface area contributed by atoms with E-state index in [0.717, 1.165) is 12.8 Å². The number of sulfonamides is 1. The van der Waals surface area contributed by atoms with Gasteiger partial charge in [-0.25, -0.2) is 8.42 Å². The SMILES string of the molecule is CCCC1CCN(S(=O)(=O)c2cnccc2NC)CC1. The third-order valence-electron chi connectivity index (χ3n) is 3.94. The van der Waals surface area contributed by atoms with Gasteiger partial charge in [0, 0.05) is 32.5 Å². The molecule has 1 aliphatic heterocycles. The summed E-state index contributed by atoms with van der Waals surface area (Å²) in [7, 11) is -1.71. The third kappa shape index (κ3) is 3.12. The maximum absolute atomic E-state index is 12.7. The van der Waals surface area contributed by atoms with E-state index < -0.39 is 10.0 Å². The minimum atomic E-state index is -3.43. The summed E-state index contributed by atoms with van der Waals surface area (Å²) in [5.74, 6) is 0.670. The summed E-state index contributed by atoms with van der Waals surface area (Å²) in [4.78, 5) is 4.23. The Bertz CT molecular complexity index is 537. The highest BCUT2D eigenvalue weighted by molar-refractivity contribution is 7.89. The van der Waals surface area contributed by atoms with Crippen molar-refractivity contribution in [1.29, 1.82) is 0 Å². The Balaban J connectivity index is 2.16. The fourth-order valence-corrected chi connectivity index (χ4v) is 4.39. The van der Waals surface area contributed by atoms with Crippen molar-refractivity contribution in [3.8, 4) is 0 Å². The van der Waals surface area contributed by atoms with Gasteiger partial charge in [0.2, 0.25) is 10.0 Å². The quantitative estimate of drug-likeness (QED) is 0.906. The lowest BCUT2D eigenvalue weighted by molar-refractivity contribution is 0.262. The molecule has 1 fully saturated rings. The van der Waals surface area contributed by atoms with E-state index in [-0.39, 0.29) is 4.90 Å². The second kappa shape index (κ2) is 6.54. The molecular weight excluding hydrogens is 274 g/mol. The zero-order valence-electron chi connectivity index (χ0n) is 12.2. The van der Waals surface area contributed by atoms with Crippen LogP contribution in [0.5, 0.6) is 0 Å². The lowest BCUT2D eigenvalue weighted by Crippen LogP contribution is -2.38. The Kier molecular flexibility index (Phi) is 4.99. The van der Waals surface area contributed by atoms with Gasteiger partial charge < -0.3 is 5.32 Å². The predicted octanol–water partition coefficient (Wildman–Crippen LogP) is 2.32. The molecule has 1 aliphatic rings. The summed E-state index contributed by atoms with van der Waals surface area (Å²) in [6.07, 6.45) is 7.31. The molecule has 0 aliphatic carbocycles. The smallest absolute Gasteiger partial charge is 0.246 e. The van der Waals surface area contributed by atoms with Crippen LogP contribution < -0.4 is 5.32 Å². The molecule has 5 nitrogen and oxygen atoms in total. The Labute approximate surface area is 121 Å². The maximum atomic E-state index is 12.7. The Morgan fingerprint density at radius 1 is 1.40 bits per heavy atom. The molecule has 112 valence electrons. The molecule has 1 N–H and O–H groups in total. The van der Waals surface area contributed by atoms with Gasteiger partial charge in [0.25, 0.3) is 0 Å². The first-order valence-electron chi connectivity index (χ1n) is 7.21. The van der Waals surface area contributed by atoms with Crippen molar-refractivity contribution in [1.82, 2.24) is 9.29 Å². The number of rotatable bonds is 5. The highest BCUT2D eigenvalue weighted by atomic mass is 32.2. The molecular formula is C14H23N3O2S. The zero-order chi connectivity index (χ0) is 14.6. The van der Waals surface area contributed by atoms with Crippen molar-refractivity contribution in [3.63, 3.8) is 0 Å². The average molecular weight is 297 g/mol. The first kappa shape index (κ1) is 15.3.